The van der Waals surface area contributed by atoms with Gasteiger partial charge in [0.25, 0.3) is 0 Å². The van der Waals surface area contributed by atoms with Crippen LogP contribution in [0.2, 0.25) is 0 Å². The van der Waals surface area contributed by atoms with E-state index in [4.69, 9.17) is 0 Å². The van der Waals surface area contributed by atoms with Gasteiger partial charge in [-0.05, 0) is 55.4 Å². The minimum atomic E-state index is -0.694. The fourth-order valence-corrected chi connectivity index (χ4v) is 3.10. The number of benzene rings is 1. The number of carboxylic acid groups (broad SMARTS) is 1. The zero-order chi connectivity index (χ0) is 13.8. The molecular formula is C16H21FO2. The van der Waals surface area contributed by atoms with Gasteiger partial charge in [0.2, 0.25) is 0 Å². The highest BCUT2D eigenvalue weighted by Crippen LogP contribution is 2.32. The molecule has 0 aromatic heterocycles. The summed E-state index contributed by atoms with van der Waals surface area (Å²) in [6, 6.07) is 4.79. The predicted molar refractivity (Wildman–Crippen MR) is 72.5 cm³/mol. The van der Waals surface area contributed by atoms with Crippen LogP contribution in [-0.4, -0.2) is 11.1 Å². The van der Waals surface area contributed by atoms with Crippen LogP contribution >= 0.6 is 0 Å². The molecule has 1 fully saturated rings. The summed E-state index contributed by atoms with van der Waals surface area (Å²) in [6.45, 7) is 1.96. The third kappa shape index (κ3) is 3.55. The van der Waals surface area contributed by atoms with Crippen LogP contribution in [0.15, 0.2) is 18.2 Å². The van der Waals surface area contributed by atoms with E-state index in [9.17, 15) is 14.3 Å². The van der Waals surface area contributed by atoms with Crippen molar-refractivity contribution in [3.05, 3.63) is 35.1 Å². The Hall–Kier alpha value is -1.38. The number of carboxylic acids is 1. The minimum Gasteiger partial charge on any atom is -0.481 e. The van der Waals surface area contributed by atoms with Crippen LogP contribution < -0.4 is 0 Å². The minimum absolute atomic E-state index is 0.139. The molecule has 2 rings (SSSR count). The SMILES string of the molecule is Cc1ccc(F)cc1CC1CCCCCC1C(=O)O. The van der Waals surface area contributed by atoms with Crippen molar-refractivity contribution in [2.75, 3.05) is 0 Å². The van der Waals surface area contributed by atoms with Gasteiger partial charge in [-0.1, -0.05) is 25.3 Å². The number of aliphatic carboxylic acids is 1. The molecule has 104 valence electrons. The lowest BCUT2D eigenvalue weighted by atomic mass is 9.82. The highest BCUT2D eigenvalue weighted by molar-refractivity contribution is 5.70. The molecule has 1 aromatic carbocycles. The predicted octanol–water partition coefficient (Wildman–Crippen LogP) is 3.96. The monoisotopic (exact) mass is 264 g/mol. The number of rotatable bonds is 3. The Morgan fingerprint density at radius 2 is 2.05 bits per heavy atom. The molecule has 19 heavy (non-hydrogen) atoms. The van der Waals surface area contributed by atoms with Crippen molar-refractivity contribution in [1.29, 1.82) is 0 Å². The molecule has 1 aliphatic rings. The largest absolute Gasteiger partial charge is 0.481 e. The quantitative estimate of drug-likeness (QED) is 0.839. The third-order valence-electron chi connectivity index (χ3n) is 4.27. The molecule has 1 saturated carbocycles. The Morgan fingerprint density at radius 3 is 2.79 bits per heavy atom. The average Bonchev–Trinajstić information content (AvgIpc) is 2.59. The summed E-state index contributed by atoms with van der Waals surface area (Å²) >= 11 is 0. The van der Waals surface area contributed by atoms with Crippen molar-refractivity contribution in [3.63, 3.8) is 0 Å². The first kappa shape index (κ1) is 14.0. The van der Waals surface area contributed by atoms with Crippen molar-refractivity contribution >= 4 is 5.97 Å². The Bertz CT molecular complexity index is 456. The fraction of sp³-hybridized carbons (Fsp3) is 0.562. The standard InChI is InChI=1S/C16H21FO2/c1-11-7-8-14(17)10-13(11)9-12-5-3-2-4-6-15(12)16(18)19/h7-8,10,12,15H,2-6,9H2,1H3,(H,18,19). The van der Waals surface area contributed by atoms with Crippen molar-refractivity contribution in [1.82, 2.24) is 0 Å². The van der Waals surface area contributed by atoms with Crippen LogP contribution in [0.1, 0.15) is 43.2 Å². The number of carbonyl (C=O) groups is 1. The van der Waals surface area contributed by atoms with E-state index in [0.29, 0.717) is 6.42 Å². The van der Waals surface area contributed by atoms with Crippen molar-refractivity contribution in [2.24, 2.45) is 11.8 Å². The van der Waals surface area contributed by atoms with Gasteiger partial charge in [0.05, 0.1) is 5.92 Å². The molecule has 3 heteroatoms. The summed E-state index contributed by atoms with van der Waals surface area (Å²) in [5.74, 6) is -1.06. The normalized spacial score (nSPS) is 23.9. The highest BCUT2D eigenvalue weighted by Gasteiger charge is 2.29. The van der Waals surface area contributed by atoms with E-state index in [1.807, 2.05) is 6.92 Å². The highest BCUT2D eigenvalue weighted by atomic mass is 19.1. The molecule has 0 saturated heterocycles. The zero-order valence-corrected chi connectivity index (χ0v) is 11.4. The number of hydrogen-bond acceptors (Lipinski definition) is 1. The zero-order valence-electron chi connectivity index (χ0n) is 11.4. The maximum Gasteiger partial charge on any atom is 0.306 e. The summed E-state index contributed by atoms with van der Waals surface area (Å²) < 4.78 is 13.3. The van der Waals surface area contributed by atoms with Crippen LogP contribution in [0.3, 0.4) is 0 Å². The molecule has 1 aliphatic carbocycles. The van der Waals surface area contributed by atoms with Gasteiger partial charge >= 0.3 is 5.97 Å². The molecule has 1 N–H and O–H groups in total. The molecule has 0 bridgehead atoms. The van der Waals surface area contributed by atoms with Gasteiger partial charge in [-0.15, -0.1) is 0 Å². The Kier molecular flexibility index (Phi) is 4.56. The molecule has 2 atom stereocenters. The molecule has 0 heterocycles. The fourth-order valence-electron chi connectivity index (χ4n) is 3.10. The maximum absolute atomic E-state index is 13.3. The average molecular weight is 264 g/mol. The molecule has 0 spiro atoms. The summed E-state index contributed by atoms with van der Waals surface area (Å²) in [7, 11) is 0. The second kappa shape index (κ2) is 6.18. The first-order valence-corrected chi connectivity index (χ1v) is 7.06. The lowest BCUT2D eigenvalue weighted by Crippen LogP contribution is -2.24. The second-order valence-electron chi connectivity index (χ2n) is 5.62. The Morgan fingerprint density at radius 1 is 1.32 bits per heavy atom. The van der Waals surface area contributed by atoms with E-state index in [-0.39, 0.29) is 17.7 Å². The van der Waals surface area contributed by atoms with E-state index < -0.39 is 5.97 Å². The molecule has 0 amide bonds. The first-order chi connectivity index (χ1) is 9.08. The maximum atomic E-state index is 13.3. The molecule has 0 aliphatic heterocycles. The molecule has 2 nitrogen and oxygen atoms in total. The van der Waals surface area contributed by atoms with Gasteiger partial charge in [0, 0.05) is 0 Å². The van der Waals surface area contributed by atoms with E-state index >= 15 is 0 Å². The number of aryl methyl sites for hydroxylation is 1. The van der Waals surface area contributed by atoms with Gasteiger partial charge in [-0.25, -0.2) is 4.39 Å². The van der Waals surface area contributed by atoms with Gasteiger partial charge in [-0.3, -0.25) is 4.79 Å². The summed E-state index contributed by atoms with van der Waals surface area (Å²) in [4.78, 5) is 11.4. The summed E-state index contributed by atoms with van der Waals surface area (Å²) in [5, 5.41) is 9.36. The summed E-state index contributed by atoms with van der Waals surface area (Å²) in [5.41, 5.74) is 2.01. The Labute approximate surface area is 113 Å². The lowest BCUT2D eigenvalue weighted by molar-refractivity contribution is -0.143. The van der Waals surface area contributed by atoms with Gasteiger partial charge in [0.15, 0.2) is 0 Å². The Balaban J connectivity index is 2.18. The molecule has 2 unspecified atom stereocenters. The topological polar surface area (TPSA) is 37.3 Å². The van der Waals surface area contributed by atoms with Gasteiger partial charge in [-0.2, -0.15) is 0 Å². The number of hydrogen-bond donors (Lipinski definition) is 1. The van der Waals surface area contributed by atoms with E-state index in [1.54, 1.807) is 12.1 Å². The van der Waals surface area contributed by atoms with Crippen molar-refractivity contribution in [2.45, 2.75) is 45.4 Å². The van der Waals surface area contributed by atoms with E-state index in [0.717, 1.165) is 43.2 Å². The van der Waals surface area contributed by atoms with Crippen LogP contribution in [-0.2, 0) is 11.2 Å². The van der Waals surface area contributed by atoms with E-state index in [1.165, 1.54) is 6.07 Å². The number of halogens is 1. The van der Waals surface area contributed by atoms with Crippen molar-refractivity contribution in [3.8, 4) is 0 Å². The van der Waals surface area contributed by atoms with Crippen molar-refractivity contribution < 1.29 is 14.3 Å². The van der Waals surface area contributed by atoms with Crippen LogP contribution in [0.5, 0.6) is 0 Å². The van der Waals surface area contributed by atoms with Gasteiger partial charge in [0.1, 0.15) is 5.82 Å². The smallest absolute Gasteiger partial charge is 0.306 e. The molecule has 1 aromatic rings. The van der Waals surface area contributed by atoms with E-state index in [2.05, 4.69) is 0 Å². The second-order valence-corrected chi connectivity index (χ2v) is 5.62. The summed E-state index contributed by atoms with van der Waals surface area (Å²) in [6.07, 6.45) is 5.57. The molecule has 0 radical (unpaired) electrons. The van der Waals surface area contributed by atoms with Gasteiger partial charge < -0.3 is 5.11 Å². The van der Waals surface area contributed by atoms with Crippen LogP contribution in [0, 0.1) is 24.6 Å². The third-order valence-corrected chi connectivity index (χ3v) is 4.27. The van der Waals surface area contributed by atoms with Crippen LogP contribution in [0.25, 0.3) is 0 Å². The van der Waals surface area contributed by atoms with Crippen LogP contribution in [0.4, 0.5) is 4.39 Å². The first-order valence-electron chi connectivity index (χ1n) is 7.06. The molecular weight excluding hydrogens is 243 g/mol. The lowest BCUT2D eigenvalue weighted by Gasteiger charge is -2.22.